The Kier molecular flexibility index (Phi) is 7.55. The number of nitrogens with two attached hydrogens (primary N) is 1. The molecule has 1 fully saturated rings. The first kappa shape index (κ1) is 26.3. The van der Waals surface area contributed by atoms with Gasteiger partial charge in [-0.05, 0) is 56.2 Å². The van der Waals surface area contributed by atoms with Gasteiger partial charge in [0.15, 0.2) is 0 Å². The van der Waals surface area contributed by atoms with E-state index in [0.29, 0.717) is 36.9 Å². The third-order valence-corrected chi connectivity index (χ3v) is 7.96. The van der Waals surface area contributed by atoms with E-state index in [1.165, 1.54) is 12.3 Å². The van der Waals surface area contributed by atoms with Gasteiger partial charge >= 0.3 is 6.18 Å². The van der Waals surface area contributed by atoms with E-state index in [1.807, 2.05) is 0 Å². The van der Waals surface area contributed by atoms with Gasteiger partial charge < -0.3 is 5.73 Å². The second-order valence-electron chi connectivity index (χ2n) is 8.40. The lowest BCUT2D eigenvalue weighted by Crippen LogP contribution is -2.40. The molecule has 0 aliphatic heterocycles. The number of halogens is 3. The van der Waals surface area contributed by atoms with Crippen molar-refractivity contribution in [2.75, 3.05) is 18.5 Å². The van der Waals surface area contributed by atoms with E-state index < -0.39 is 42.7 Å². The molecule has 0 atom stereocenters. The molecule has 1 saturated carbocycles. The largest absolute Gasteiger partial charge is 0.417 e. The van der Waals surface area contributed by atoms with Gasteiger partial charge in [0.05, 0.1) is 22.4 Å². The highest BCUT2D eigenvalue weighted by molar-refractivity contribution is 7.89. The molecule has 3 rings (SSSR count). The van der Waals surface area contributed by atoms with E-state index in [-0.39, 0.29) is 24.0 Å². The summed E-state index contributed by atoms with van der Waals surface area (Å²) in [6, 6.07) is 2.43. The molecule has 0 radical (unpaired) electrons. The molecule has 9 nitrogen and oxygen atoms in total. The summed E-state index contributed by atoms with van der Waals surface area (Å²) < 4.78 is 94.7. The van der Waals surface area contributed by atoms with Gasteiger partial charge in [-0.15, -0.1) is 0 Å². The van der Waals surface area contributed by atoms with Crippen LogP contribution < -0.4 is 15.2 Å². The number of nitrogens with one attached hydrogen (secondary N) is 2. The third-order valence-electron chi connectivity index (χ3n) is 5.69. The summed E-state index contributed by atoms with van der Waals surface area (Å²) in [4.78, 5) is 6.88. The molecule has 0 amide bonds. The highest BCUT2D eigenvalue weighted by Gasteiger charge is 2.38. The van der Waals surface area contributed by atoms with Gasteiger partial charge in [0.2, 0.25) is 26.0 Å². The Morgan fingerprint density at radius 2 is 1.76 bits per heavy atom. The van der Waals surface area contributed by atoms with Crippen LogP contribution in [0.25, 0.3) is 11.1 Å². The van der Waals surface area contributed by atoms with Crippen molar-refractivity contribution in [3.8, 4) is 11.1 Å². The van der Waals surface area contributed by atoms with Crippen molar-refractivity contribution in [1.29, 1.82) is 0 Å². The monoisotopic (exact) mass is 521 g/mol. The van der Waals surface area contributed by atoms with Gasteiger partial charge in [-0.25, -0.2) is 36.2 Å². The number of nitrogens with zero attached hydrogens (tertiary/aromatic N) is 2. The van der Waals surface area contributed by atoms with Gasteiger partial charge in [0.25, 0.3) is 0 Å². The summed E-state index contributed by atoms with van der Waals surface area (Å²) in [6.45, 7) is 1.81. The molecule has 1 aliphatic carbocycles. The van der Waals surface area contributed by atoms with Crippen LogP contribution in [0.3, 0.4) is 0 Å². The van der Waals surface area contributed by atoms with Crippen LogP contribution in [-0.4, -0.2) is 45.6 Å². The predicted octanol–water partition coefficient (Wildman–Crippen LogP) is 2.44. The number of benzene rings is 1. The highest BCUT2D eigenvalue weighted by atomic mass is 32.2. The van der Waals surface area contributed by atoms with Crippen LogP contribution in [0, 0.1) is 12.8 Å². The lowest BCUT2D eigenvalue weighted by Gasteiger charge is -2.29. The van der Waals surface area contributed by atoms with Crippen LogP contribution in [-0.2, 0) is 26.2 Å². The van der Waals surface area contributed by atoms with Gasteiger partial charge in [0, 0.05) is 24.3 Å². The smallest absolute Gasteiger partial charge is 0.368 e. The molecule has 188 valence electrons. The molecule has 2 aromatic rings. The van der Waals surface area contributed by atoms with Gasteiger partial charge in [-0.1, -0.05) is 6.07 Å². The predicted molar refractivity (Wildman–Crippen MR) is 121 cm³/mol. The first-order chi connectivity index (χ1) is 15.7. The molecule has 0 bridgehead atoms. The van der Waals surface area contributed by atoms with E-state index in [2.05, 4.69) is 19.4 Å². The third kappa shape index (κ3) is 6.64. The van der Waals surface area contributed by atoms with Crippen molar-refractivity contribution < 1.29 is 30.0 Å². The first-order valence-corrected chi connectivity index (χ1v) is 13.8. The van der Waals surface area contributed by atoms with Crippen molar-refractivity contribution in [2.45, 2.75) is 49.7 Å². The Morgan fingerprint density at radius 1 is 1.12 bits per heavy atom. The summed E-state index contributed by atoms with van der Waals surface area (Å²) in [5.74, 6) is 0.00776. The quantitative estimate of drug-likeness (QED) is 0.508. The molecule has 14 heteroatoms. The number of hydrogen-bond donors (Lipinski definition) is 3. The van der Waals surface area contributed by atoms with E-state index in [9.17, 15) is 30.0 Å². The Labute approximate surface area is 196 Å². The fourth-order valence-corrected chi connectivity index (χ4v) is 6.01. The topological polar surface area (TPSA) is 144 Å². The minimum atomic E-state index is -4.92. The maximum absolute atomic E-state index is 13.9. The fraction of sp³-hybridized carbons (Fsp3) is 0.500. The molecule has 0 unspecified atom stereocenters. The average Bonchev–Trinajstić information content (AvgIpc) is 2.71. The van der Waals surface area contributed by atoms with E-state index >= 15 is 0 Å². The Morgan fingerprint density at radius 3 is 2.32 bits per heavy atom. The number of aromatic nitrogens is 2. The molecule has 34 heavy (non-hydrogen) atoms. The SMILES string of the molecule is Cc1nc(N)ncc1-c1ccc(S(=O)(=O)NC2CCC(CNS(C)(=O)=O)CC2)c(C(F)(F)F)c1. The van der Waals surface area contributed by atoms with Gasteiger partial charge in [-0.3, -0.25) is 0 Å². The highest BCUT2D eigenvalue weighted by Crippen LogP contribution is 2.38. The van der Waals surface area contributed by atoms with E-state index in [1.54, 1.807) is 6.92 Å². The zero-order valence-corrected chi connectivity index (χ0v) is 20.2. The lowest BCUT2D eigenvalue weighted by molar-refractivity contribution is -0.139. The van der Waals surface area contributed by atoms with Gasteiger partial charge in [0.1, 0.15) is 0 Å². The summed E-state index contributed by atoms with van der Waals surface area (Å²) >= 11 is 0. The summed E-state index contributed by atoms with van der Waals surface area (Å²) in [5, 5.41) is 0. The van der Waals surface area contributed by atoms with E-state index in [0.717, 1.165) is 18.4 Å². The molecule has 1 aromatic carbocycles. The zero-order chi connectivity index (χ0) is 25.3. The second kappa shape index (κ2) is 9.76. The number of hydrogen-bond acceptors (Lipinski definition) is 7. The van der Waals surface area contributed by atoms with E-state index in [4.69, 9.17) is 5.73 Å². The summed E-state index contributed by atoms with van der Waals surface area (Å²) in [6.07, 6.45) is -0.728. The Hall–Kier alpha value is -2.29. The molecular formula is C20H26F3N5O4S2. The standard InChI is InChI=1S/C20H26F3N5O4S2/c1-12-16(11-25-19(24)27-12)14-5-8-18(17(9-14)20(21,22)23)34(31,32)28-15-6-3-13(4-7-15)10-26-33(2,29)30/h5,8-9,11,13,15,26,28H,3-4,6-7,10H2,1-2H3,(H2,24,25,27). The molecule has 1 aromatic heterocycles. The van der Waals surface area contributed by atoms with Gasteiger partial charge in [-0.2, -0.15) is 13.2 Å². The first-order valence-electron chi connectivity index (χ1n) is 10.4. The van der Waals surface area contributed by atoms with Crippen molar-refractivity contribution in [1.82, 2.24) is 19.4 Å². The van der Waals surface area contributed by atoms with Crippen LogP contribution in [0.5, 0.6) is 0 Å². The molecular weight excluding hydrogens is 495 g/mol. The number of anilines is 1. The van der Waals surface area contributed by atoms with Crippen LogP contribution in [0.2, 0.25) is 0 Å². The molecule has 4 N–H and O–H groups in total. The van der Waals surface area contributed by atoms with Crippen LogP contribution >= 0.6 is 0 Å². The fourth-order valence-electron chi connectivity index (χ4n) is 3.96. The maximum Gasteiger partial charge on any atom is 0.417 e. The van der Waals surface area contributed by atoms with Crippen LogP contribution in [0.1, 0.15) is 36.9 Å². The Bertz CT molecular complexity index is 1260. The summed E-state index contributed by atoms with van der Waals surface area (Å²) in [7, 11) is -7.81. The number of sulfonamides is 2. The average molecular weight is 522 g/mol. The Balaban J connectivity index is 1.81. The lowest BCUT2D eigenvalue weighted by atomic mass is 9.87. The number of alkyl halides is 3. The number of rotatable bonds is 7. The maximum atomic E-state index is 13.9. The molecule has 1 aliphatic rings. The van der Waals surface area contributed by atoms with Crippen molar-refractivity contribution in [3.63, 3.8) is 0 Å². The number of nitrogen functional groups attached to an aromatic ring is 1. The van der Waals surface area contributed by atoms with Crippen molar-refractivity contribution >= 4 is 26.0 Å². The minimum absolute atomic E-state index is 0.0255. The van der Waals surface area contributed by atoms with Crippen molar-refractivity contribution in [3.05, 3.63) is 35.7 Å². The molecule has 0 saturated heterocycles. The van der Waals surface area contributed by atoms with Crippen molar-refractivity contribution in [2.24, 2.45) is 5.92 Å². The van der Waals surface area contributed by atoms with Crippen LogP contribution in [0.4, 0.5) is 19.1 Å². The normalized spacial score (nSPS) is 19.8. The molecule has 0 spiro atoms. The second-order valence-corrected chi connectivity index (χ2v) is 11.9. The summed E-state index contributed by atoms with van der Waals surface area (Å²) in [5.41, 5.74) is 4.98. The number of aryl methyl sites for hydroxylation is 1. The molecule has 1 heterocycles. The zero-order valence-electron chi connectivity index (χ0n) is 18.6. The minimum Gasteiger partial charge on any atom is -0.368 e. The van der Waals surface area contributed by atoms with Crippen LogP contribution in [0.15, 0.2) is 29.3 Å².